The van der Waals surface area contributed by atoms with Gasteiger partial charge in [-0.1, -0.05) is 29.8 Å². The van der Waals surface area contributed by atoms with Crippen molar-refractivity contribution in [3.05, 3.63) is 76.0 Å². The van der Waals surface area contributed by atoms with Crippen molar-refractivity contribution in [3.63, 3.8) is 0 Å². The number of carbonyl (C=O) groups excluding carboxylic acids is 1. The van der Waals surface area contributed by atoms with Gasteiger partial charge in [0, 0.05) is 11.4 Å². The maximum absolute atomic E-state index is 13.1. The molecule has 1 amide bonds. The highest BCUT2D eigenvalue weighted by Crippen LogP contribution is 2.28. The smallest absolute Gasteiger partial charge is 0.255 e. The first kappa shape index (κ1) is 18.6. The van der Waals surface area contributed by atoms with Gasteiger partial charge in [0.1, 0.15) is 0 Å². The molecule has 3 N–H and O–H groups in total. The fraction of sp³-hybridized carbons (Fsp3) is 0.190. The van der Waals surface area contributed by atoms with E-state index in [4.69, 9.17) is 17.5 Å². The third-order valence-electron chi connectivity index (χ3n) is 4.52. The van der Waals surface area contributed by atoms with Gasteiger partial charge in [0.05, 0.1) is 23.2 Å². The largest absolute Gasteiger partial charge is 0.351 e. The van der Waals surface area contributed by atoms with Crippen LogP contribution in [0.5, 0.6) is 0 Å². The van der Waals surface area contributed by atoms with E-state index in [9.17, 15) is 4.79 Å². The number of nitriles is 1. The Labute approximate surface area is 164 Å². The van der Waals surface area contributed by atoms with Crippen LogP contribution in [0.2, 0.25) is 0 Å². The van der Waals surface area contributed by atoms with Crippen molar-refractivity contribution >= 4 is 28.9 Å². The van der Waals surface area contributed by atoms with Crippen molar-refractivity contribution in [2.75, 3.05) is 5.32 Å². The highest BCUT2D eigenvalue weighted by Gasteiger charge is 2.30. The third kappa shape index (κ3) is 3.99. The number of aryl methyl sites for hydroxylation is 2. The van der Waals surface area contributed by atoms with Crippen LogP contribution >= 0.6 is 12.2 Å². The molecule has 136 valence electrons. The quantitative estimate of drug-likeness (QED) is 0.714. The van der Waals surface area contributed by atoms with Crippen LogP contribution in [0.3, 0.4) is 0 Å². The molecule has 27 heavy (non-hydrogen) atoms. The minimum atomic E-state index is -0.391. The highest BCUT2D eigenvalue weighted by molar-refractivity contribution is 7.80. The SMILES string of the molecule is CC1=C(C(=O)Nc2ccc(C)cc2C)C(c2ccc(C#N)cc2)NC(=S)N1. The summed E-state index contributed by atoms with van der Waals surface area (Å²) in [4.78, 5) is 13.1. The molecule has 0 fully saturated rings. The lowest BCUT2D eigenvalue weighted by Crippen LogP contribution is -2.45. The summed E-state index contributed by atoms with van der Waals surface area (Å²) in [5.41, 5.74) is 5.62. The first-order chi connectivity index (χ1) is 12.9. The maximum atomic E-state index is 13.1. The van der Waals surface area contributed by atoms with Gasteiger partial charge in [-0.3, -0.25) is 4.79 Å². The van der Waals surface area contributed by atoms with Crippen molar-refractivity contribution in [2.24, 2.45) is 0 Å². The predicted molar refractivity (Wildman–Crippen MR) is 110 cm³/mol. The van der Waals surface area contributed by atoms with E-state index in [0.29, 0.717) is 21.9 Å². The Morgan fingerprint density at radius 1 is 1.15 bits per heavy atom. The van der Waals surface area contributed by atoms with Crippen molar-refractivity contribution in [2.45, 2.75) is 26.8 Å². The molecular weight excluding hydrogens is 356 g/mol. The van der Waals surface area contributed by atoms with Crippen LogP contribution in [0, 0.1) is 25.2 Å². The van der Waals surface area contributed by atoms with E-state index in [-0.39, 0.29) is 5.91 Å². The van der Waals surface area contributed by atoms with Gasteiger partial charge in [-0.05, 0) is 62.3 Å². The Morgan fingerprint density at radius 2 is 1.85 bits per heavy atom. The minimum absolute atomic E-state index is 0.198. The van der Waals surface area contributed by atoms with Crippen LogP contribution in [0.4, 0.5) is 5.69 Å². The molecule has 1 aliphatic heterocycles. The van der Waals surface area contributed by atoms with Gasteiger partial charge in [0.25, 0.3) is 5.91 Å². The number of nitrogens with zero attached hydrogens (tertiary/aromatic N) is 1. The van der Waals surface area contributed by atoms with Crippen LogP contribution in [-0.4, -0.2) is 11.0 Å². The van der Waals surface area contributed by atoms with Crippen LogP contribution in [0.25, 0.3) is 0 Å². The first-order valence-corrected chi connectivity index (χ1v) is 8.97. The normalized spacial score (nSPS) is 16.2. The summed E-state index contributed by atoms with van der Waals surface area (Å²) < 4.78 is 0. The number of anilines is 1. The Kier molecular flexibility index (Phi) is 5.24. The molecule has 0 aliphatic carbocycles. The van der Waals surface area contributed by atoms with Crippen molar-refractivity contribution in [1.82, 2.24) is 10.6 Å². The van der Waals surface area contributed by atoms with Gasteiger partial charge in [0.15, 0.2) is 5.11 Å². The molecule has 1 aliphatic rings. The number of hydrogen-bond acceptors (Lipinski definition) is 3. The van der Waals surface area contributed by atoms with Gasteiger partial charge in [0.2, 0.25) is 0 Å². The molecule has 1 unspecified atom stereocenters. The van der Waals surface area contributed by atoms with Crippen LogP contribution in [0.1, 0.15) is 35.2 Å². The zero-order valence-corrected chi connectivity index (χ0v) is 16.2. The second-order valence-electron chi connectivity index (χ2n) is 6.58. The lowest BCUT2D eigenvalue weighted by Gasteiger charge is -2.30. The number of nitrogens with one attached hydrogen (secondary N) is 3. The average Bonchev–Trinajstić information content (AvgIpc) is 2.63. The second kappa shape index (κ2) is 7.60. The lowest BCUT2D eigenvalue weighted by atomic mass is 9.94. The number of thiocarbonyl (C=S) groups is 1. The zero-order valence-electron chi connectivity index (χ0n) is 15.4. The van der Waals surface area contributed by atoms with Crippen LogP contribution in [-0.2, 0) is 4.79 Å². The molecule has 3 rings (SSSR count). The third-order valence-corrected chi connectivity index (χ3v) is 4.74. The predicted octanol–water partition coefficient (Wildman–Crippen LogP) is 3.61. The molecular formula is C21H20N4OS. The van der Waals surface area contributed by atoms with E-state index in [2.05, 4.69) is 22.0 Å². The monoisotopic (exact) mass is 376 g/mol. The Bertz CT molecular complexity index is 986. The number of carbonyl (C=O) groups is 1. The molecule has 0 saturated carbocycles. The summed E-state index contributed by atoms with van der Waals surface area (Å²) in [5.74, 6) is -0.198. The maximum Gasteiger partial charge on any atom is 0.255 e. The number of rotatable bonds is 3. The Balaban J connectivity index is 1.95. The fourth-order valence-corrected chi connectivity index (χ4v) is 3.41. The fourth-order valence-electron chi connectivity index (χ4n) is 3.14. The average molecular weight is 376 g/mol. The van der Waals surface area contributed by atoms with E-state index >= 15 is 0 Å². The first-order valence-electron chi connectivity index (χ1n) is 8.56. The Hall–Kier alpha value is -3.17. The molecule has 0 saturated heterocycles. The van der Waals surface area contributed by atoms with Crippen molar-refractivity contribution in [1.29, 1.82) is 5.26 Å². The molecule has 6 heteroatoms. The van der Waals surface area contributed by atoms with E-state index in [1.54, 1.807) is 12.1 Å². The van der Waals surface area contributed by atoms with E-state index in [1.807, 2.05) is 51.1 Å². The van der Waals surface area contributed by atoms with Crippen molar-refractivity contribution in [3.8, 4) is 6.07 Å². The van der Waals surface area contributed by atoms with Crippen molar-refractivity contribution < 1.29 is 4.79 Å². The Morgan fingerprint density at radius 3 is 2.48 bits per heavy atom. The van der Waals surface area contributed by atoms with E-state index < -0.39 is 6.04 Å². The summed E-state index contributed by atoms with van der Waals surface area (Å²) in [6, 6.07) is 14.7. The van der Waals surface area contributed by atoms with Gasteiger partial charge in [-0.15, -0.1) is 0 Å². The molecule has 1 atom stereocenters. The minimum Gasteiger partial charge on any atom is -0.351 e. The molecule has 0 spiro atoms. The van der Waals surface area contributed by atoms with E-state index in [1.165, 1.54) is 0 Å². The van der Waals surface area contributed by atoms with Gasteiger partial charge >= 0.3 is 0 Å². The number of allylic oxidation sites excluding steroid dienone is 1. The highest BCUT2D eigenvalue weighted by atomic mass is 32.1. The van der Waals surface area contributed by atoms with Gasteiger partial charge < -0.3 is 16.0 Å². The van der Waals surface area contributed by atoms with E-state index in [0.717, 1.165) is 22.4 Å². The summed E-state index contributed by atoms with van der Waals surface area (Å²) >= 11 is 5.27. The van der Waals surface area contributed by atoms with Gasteiger partial charge in [-0.2, -0.15) is 5.26 Å². The number of amides is 1. The molecule has 0 bridgehead atoms. The molecule has 0 radical (unpaired) electrons. The summed E-state index contributed by atoms with van der Waals surface area (Å²) in [7, 11) is 0. The van der Waals surface area contributed by atoms with Crippen LogP contribution in [0.15, 0.2) is 53.7 Å². The molecule has 1 heterocycles. The molecule has 5 nitrogen and oxygen atoms in total. The lowest BCUT2D eigenvalue weighted by molar-refractivity contribution is -0.113. The standard InChI is InChI=1S/C21H20N4OS/c1-12-4-9-17(13(2)10-12)24-20(26)18-14(3)23-21(27)25-19(18)16-7-5-15(11-22)6-8-16/h4-10,19H,1-3H3,(H,24,26)(H2,23,25,27). The zero-order chi connectivity index (χ0) is 19.6. The molecule has 0 aromatic heterocycles. The number of benzene rings is 2. The summed E-state index contributed by atoms with van der Waals surface area (Å²) in [6.07, 6.45) is 0. The second-order valence-corrected chi connectivity index (χ2v) is 6.98. The summed E-state index contributed by atoms with van der Waals surface area (Å²) in [6.45, 7) is 5.82. The van der Waals surface area contributed by atoms with Gasteiger partial charge in [-0.25, -0.2) is 0 Å². The van der Waals surface area contributed by atoms with Crippen LogP contribution < -0.4 is 16.0 Å². The topological polar surface area (TPSA) is 77.0 Å². The number of hydrogen-bond donors (Lipinski definition) is 3. The molecule has 2 aromatic rings. The molecule has 2 aromatic carbocycles. The summed E-state index contributed by atoms with van der Waals surface area (Å²) in [5, 5.41) is 18.7.